The van der Waals surface area contributed by atoms with Crippen LogP contribution in [-0.4, -0.2) is 22.0 Å². The van der Waals surface area contributed by atoms with Crippen LogP contribution in [-0.2, 0) is 0 Å². The first-order valence-electron chi connectivity index (χ1n) is 5.61. The highest BCUT2D eigenvalue weighted by Crippen LogP contribution is 2.11. The van der Waals surface area contributed by atoms with Crippen molar-refractivity contribution >= 4 is 17.6 Å². The zero-order valence-corrected chi connectivity index (χ0v) is 10.2. The van der Waals surface area contributed by atoms with Crippen molar-refractivity contribution in [2.24, 2.45) is 0 Å². The number of nitrogens with one attached hydrogen (secondary N) is 1. The molecule has 0 radical (unpaired) electrons. The molecule has 1 amide bonds. The Morgan fingerprint density at radius 2 is 1.85 bits per heavy atom. The topological polar surface area (TPSA) is 103 Å². The Kier molecular flexibility index (Phi) is 3.72. The SMILES string of the molecule is N#Cc1ccc(C(=O)Nc2ccc(C(=O)O)cc2)nc1. The number of carboxylic acids is 1. The maximum Gasteiger partial charge on any atom is 0.335 e. The number of hydrogen-bond acceptors (Lipinski definition) is 4. The minimum Gasteiger partial charge on any atom is -0.478 e. The van der Waals surface area contributed by atoms with Gasteiger partial charge in [-0.05, 0) is 36.4 Å². The summed E-state index contributed by atoms with van der Waals surface area (Å²) in [6, 6.07) is 10.6. The molecule has 0 saturated heterocycles. The van der Waals surface area contributed by atoms with Gasteiger partial charge in [-0.15, -0.1) is 0 Å². The third-order valence-electron chi connectivity index (χ3n) is 2.51. The van der Waals surface area contributed by atoms with Crippen molar-refractivity contribution in [1.82, 2.24) is 4.98 Å². The van der Waals surface area contributed by atoms with E-state index in [4.69, 9.17) is 10.4 Å². The molecule has 2 aromatic rings. The van der Waals surface area contributed by atoms with E-state index in [1.165, 1.54) is 42.6 Å². The molecule has 6 nitrogen and oxygen atoms in total. The molecule has 2 rings (SSSR count). The predicted octanol–water partition coefficient (Wildman–Crippen LogP) is 1.90. The fraction of sp³-hybridized carbons (Fsp3) is 0. The molecule has 0 atom stereocenters. The Morgan fingerprint density at radius 3 is 2.35 bits per heavy atom. The van der Waals surface area contributed by atoms with Gasteiger partial charge in [-0.3, -0.25) is 4.79 Å². The van der Waals surface area contributed by atoms with Crippen molar-refractivity contribution in [3.63, 3.8) is 0 Å². The number of pyridine rings is 1. The highest BCUT2D eigenvalue weighted by atomic mass is 16.4. The van der Waals surface area contributed by atoms with Crippen LogP contribution in [0.1, 0.15) is 26.4 Å². The third kappa shape index (κ3) is 2.97. The van der Waals surface area contributed by atoms with Crippen LogP contribution < -0.4 is 5.32 Å². The number of nitrogens with zero attached hydrogens (tertiary/aromatic N) is 2. The molecule has 1 aromatic heterocycles. The summed E-state index contributed by atoms with van der Waals surface area (Å²) in [5, 5.41) is 20.0. The molecule has 2 N–H and O–H groups in total. The Labute approximate surface area is 114 Å². The van der Waals surface area contributed by atoms with E-state index in [9.17, 15) is 9.59 Å². The van der Waals surface area contributed by atoms with E-state index in [0.29, 0.717) is 11.3 Å². The van der Waals surface area contributed by atoms with Crippen LogP contribution in [0.3, 0.4) is 0 Å². The largest absolute Gasteiger partial charge is 0.478 e. The van der Waals surface area contributed by atoms with E-state index in [1.807, 2.05) is 6.07 Å². The highest BCUT2D eigenvalue weighted by molar-refractivity contribution is 6.03. The number of aromatic nitrogens is 1. The zero-order valence-electron chi connectivity index (χ0n) is 10.2. The molecule has 1 heterocycles. The van der Waals surface area contributed by atoms with Crippen molar-refractivity contribution in [2.75, 3.05) is 5.32 Å². The second-order valence-corrected chi connectivity index (χ2v) is 3.88. The summed E-state index contributed by atoms with van der Waals surface area (Å²) in [5.74, 6) is -1.46. The van der Waals surface area contributed by atoms with Gasteiger partial charge in [-0.1, -0.05) is 0 Å². The normalized spacial score (nSPS) is 9.55. The van der Waals surface area contributed by atoms with Gasteiger partial charge in [0.2, 0.25) is 0 Å². The number of carbonyl (C=O) groups is 2. The molecule has 0 spiro atoms. The van der Waals surface area contributed by atoms with Gasteiger partial charge < -0.3 is 10.4 Å². The molecule has 20 heavy (non-hydrogen) atoms. The number of carbonyl (C=O) groups excluding carboxylic acids is 1. The average molecular weight is 267 g/mol. The first-order valence-corrected chi connectivity index (χ1v) is 5.61. The van der Waals surface area contributed by atoms with Gasteiger partial charge in [-0.25, -0.2) is 9.78 Å². The number of aromatic carboxylic acids is 1. The molecule has 0 saturated carbocycles. The van der Waals surface area contributed by atoms with E-state index in [1.54, 1.807) is 0 Å². The summed E-state index contributed by atoms with van der Waals surface area (Å²) >= 11 is 0. The molecule has 98 valence electrons. The Morgan fingerprint density at radius 1 is 1.15 bits per heavy atom. The van der Waals surface area contributed by atoms with Crippen molar-refractivity contribution in [1.29, 1.82) is 5.26 Å². The number of rotatable bonds is 3. The molecule has 0 aliphatic heterocycles. The van der Waals surface area contributed by atoms with Crippen molar-refractivity contribution in [2.45, 2.75) is 0 Å². The number of benzene rings is 1. The molecule has 0 bridgehead atoms. The van der Waals surface area contributed by atoms with Crippen LogP contribution >= 0.6 is 0 Å². The quantitative estimate of drug-likeness (QED) is 0.884. The summed E-state index contributed by atoms with van der Waals surface area (Å²) in [7, 11) is 0. The molecule has 0 fully saturated rings. The first kappa shape index (κ1) is 13.2. The van der Waals surface area contributed by atoms with Gasteiger partial charge in [0.1, 0.15) is 11.8 Å². The summed E-state index contributed by atoms with van der Waals surface area (Å²) in [6.45, 7) is 0. The second-order valence-electron chi connectivity index (χ2n) is 3.88. The Balaban J connectivity index is 2.10. The van der Waals surface area contributed by atoms with Gasteiger partial charge >= 0.3 is 5.97 Å². The molecule has 0 unspecified atom stereocenters. The van der Waals surface area contributed by atoms with E-state index >= 15 is 0 Å². The minimum absolute atomic E-state index is 0.138. The number of anilines is 1. The summed E-state index contributed by atoms with van der Waals surface area (Å²) < 4.78 is 0. The maximum absolute atomic E-state index is 11.9. The molecule has 6 heteroatoms. The van der Waals surface area contributed by atoms with Crippen LogP contribution in [0.25, 0.3) is 0 Å². The number of carboxylic acid groups (broad SMARTS) is 1. The van der Waals surface area contributed by atoms with Crippen LogP contribution in [0, 0.1) is 11.3 Å². The summed E-state index contributed by atoms with van der Waals surface area (Å²) in [6.07, 6.45) is 1.31. The fourth-order valence-electron chi connectivity index (χ4n) is 1.49. The standard InChI is InChI=1S/C14H9N3O3/c15-7-9-1-6-12(16-8-9)13(18)17-11-4-2-10(3-5-11)14(19)20/h1-6,8H,(H,17,18)(H,19,20). The molecule has 1 aromatic carbocycles. The van der Waals surface area contributed by atoms with Crippen LogP contribution in [0.2, 0.25) is 0 Å². The summed E-state index contributed by atoms with van der Waals surface area (Å²) in [5.41, 5.74) is 1.14. The van der Waals surface area contributed by atoms with Crippen LogP contribution in [0.4, 0.5) is 5.69 Å². The lowest BCUT2D eigenvalue weighted by atomic mass is 10.2. The van der Waals surface area contributed by atoms with E-state index in [0.717, 1.165) is 0 Å². The zero-order chi connectivity index (χ0) is 14.5. The lowest BCUT2D eigenvalue weighted by Gasteiger charge is -2.04. The molecule has 0 aliphatic carbocycles. The smallest absolute Gasteiger partial charge is 0.335 e. The average Bonchev–Trinajstić information content (AvgIpc) is 2.48. The van der Waals surface area contributed by atoms with E-state index in [2.05, 4.69) is 10.3 Å². The molecule has 0 aliphatic rings. The molecular weight excluding hydrogens is 258 g/mol. The second kappa shape index (κ2) is 5.63. The van der Waals surface area contributed by atoms with Gasteiger partial charge in [0.25, 0.3) is 5.91 Å². The third-order valence-corrected chi connectivity index (χ3v) is 2.51. The van der Waals surface area contributed by atoms with E-state index in [-0.39, 0.29) is 11.3 Å². The Bertz CT molecular complexity index is 685. The number of nitriles is 1. The van der Waals surface area contributed by atoms with Crippen molar-refractivity contribution in [3.8, 4) is 6.07 Å². The minimum atomic E-state index is -1.03. The maximum atomic E-state index is 11.9. The first-order chi connectivity index (χ1) is 9.60. The Hall–Kier alpha value is -3.20. The highest BCUT2D eigenvalue weighted by Gasteiger charge is 2.08. The predicted molar refractivity (Wildman–Crippen MR) is 70.3 cm³/mol. The summed E-state index contributed by atoms with van der Waals surface area (Å²) in [4.78, 5) is 26.4. The number of hydrogen-bond donors (Lipinski definition) is 2. The van der Waals surface area contributed by atoms with E-state index < -0.39 is 11.9 Å². The lowest BCUT2D eigenvalue weighted by molar-refractivity contribution is 0.0696. The fourth-order valence-corrected chi connectivity index (χ4v) is 1.49. The monoisotopic (exact) mass is 267 g/mol. The molecular formula is C14H9N3O3. The van der Waals surface area contributed by atoms with Gasteiger partial charge in [0.05, 0.1) is 11.1 Å². The van der Waals surface area contributed by atoms with Gasteiger partial charge in [0.15, 0.2) is 0 Å². The van der Waals surface area contributed by atoms with Crippen molar-refractivity contribution < 1.29 is 14.7 Å². The van der Waals surface area contributed by atoms with Gasteiger partial charge in [0, 0.05) is 11.9 Å². The lowest BCUT2D eigenvalue weighted by Crippen LogP contribution is -2.13. The van der Waals surface area contributed by atoms with Crippen LogP contribution in [0.5, 0.6) is 0 Å². The van der Waals surface area contributed by atoms with Crippen molar-refractivity contribution in [3.05, 3.63) is 59.4 Å². The van der Waals surface area contributed by atoms with Crippen LogP contribution in [0.15, 0.2) is 42.6 Å². The number of amides is 1. The van der Waals surface area contributed by atoms with Gasteiger partial charge in [-0.2, -0.15) is 5.26 Å².